The smallest absolute Gasteiger partial charge is 0.295 e. The minimum absolute atomic E-state index is 0.0565. The number of benzene rings is 1. The van der Waals surface area contributed by atoms with E-state index in [1.165, 1.54) is 16.9 Å². The monoisotopic (exact) mass is 225 g/mol. The lowest BCUT2D eigenvalue weighted by molar-refractivity contribution is 0.841. The molecule has 0 amide bonds. The predicted molar refractivity (Wildman–Crippen MR) is 61.1 cm³/mol. The summed E-state index contributed by atoms with van der Waals surface area (Å²) in [5, 5.41) is 0. The number of allylic oxidation sites excluding steroid dienone is 1. The van der Waals surface area contributed by atoms with E-state index < -0.39 is 0 Å². The first-order chi connectivity index (χ1) is 6.83. The molecule has 0 saturated carbocycles. The Kier molecular flexibility index (Phi) is 2.70. The normalized spacial score (nSPS) is 11.5. The molecule has 2 nitrogen and oxygen atoms in total. The molecule has 0 N–H and O–H groups in total. The van der Waals surface area contributed by atoms with E-state index in [0.717, 1.165) is 10.2 Å². The highest BCUT2D eigenvalue weighted by molar-refractivity contribution is 7.16. The van der Waals surface area contributed by atoms with Gasteiger partial charge in [-0.2, -0.15) is 0 Å². The van der Waals surface area contributed by atoms with Crippen LogP contribution in [0, 0.1) is 0 Å². The summed E-state index contributed by atoms with van der Waals surface area (Å²) in [5.41, 5.74) is 2.40. The van der Waals surface area contributed by atoms with Crippen LogP contribution in [-0.2, 0) is 6.54 Å². The summed E-state index contributed by atoms with van der Waals surface area (Å²) in [5.74, 6) is 0. The van der Waals surface area contributed by atoms with Crippen molar-refractivity contribution in [1.29, 1.82) is 0 Å². The maximum absolute atomic E-state index is 11.5. The maximum atomic E-state index is 11.5. The van der Waals surface area contributed by atoms with E-state index in [1.54, 1.807) is 10.6 Å². The van der Waals surface area contributed by atoms with Gasteiger partial charge in [0.1, 0.15) is 0 Å². The molecule has 0 atom stereocenters. The molecule has 0 radical (unpaired) electrons. The first-order valence-electron chi connectivity index (χ1n) is 4.16. The van der Waals surface area contributed by atoms with Crippen LogP contribution in [0.25, 0.3) is 10.2 Å². The average Bonchev–Trinajstić information content (AvgIpc) is 2.51. The molecule has 0 spiro atoms. The first kappa shape index (κ1) is 9.49. The molecule has 4 heteroatoms. The third-order valence-corrected chi connectivity index (χ3v) is 3.09. The Labute approximate surface area is 90.1 Å². The predicted octanol–water partition coefficient (Wildman–Crippen LogP) is 2.82. The van der Waals surface area contributed by atoms with E-state index in [0.29, 0.717) is 6.54 Å². The molecule has 0 bridgehead atoms. The van der Waals surface area contributed by atoms with Gasteiger partial charge >= 0.3 is 4.87 Å². The van der Waals surface area contributed by atoms with Gasteiger partial charge in [-0.15, -0.1) is 0 Å². The number of halogens is 1. The van der Waals surface area contributed by atoms with Gasteiger partial charge in [0.2, 0.25) is 0 Å². The summed E-state index contributed by atoms with van der Waals surface area (Å²) in [6.07, 6.45) is 1.75. The van der Waals surface area contributed by atoms with Crippen LogP contribution < -0.4 is 4.87 Å². The Hall–Kier alpha value is -1.06. The highest BCUT2D eigenvalue weighted by atomic mass is 35.5. The van der Waals surface area contributed by atoms with Gasteiger partial charge < -0.3 is 0 Å². The van der Waals surface area contributed by atoms with Crippen LogP contribution in [-0.4, -0.2) is 4.57 Å². The van der Waals surface area contributed by atoms with Crippen molar-refractivity contribution in [3.05, 3.63) is 45.5 Å². The van der Waals surface area contributed by atoms with Crippen LogP contribution in [0.2, 0.25) is 0 Å². The summed E-state index contributed by atoms with van der Waals surface area (Å²) in [6.45, 7) is 0.534. The lowest BCUT2D eigenvalue weighted by Gasteiger charge is -1.97. The molecule has 2 aromatic rings. The standard InChI is InChI=1S/C10H8ClNOS/c11-6-3-7-12-8-4-1-2-5-9(8)14-10(12)13/h1-6H,7H2. The van der Waals surface area contributed by atoms with E-state index >= 15 is 0 Å². The molecule has 0 aliphatic rings. The van der Waals surface area contributed by atoms with Crippen LogP contribution in [0.5, 0.6) is 0 Å². The molecule has 0 unspecified atom stereocenters. The number of nitrogens with zero attached hydrogens (tertiary/aromatic N) is 1. The van der Waals surface area contributed by atoms with Crippen molar-refractivity contribution in [3.63, 3.8) is 0 Å². The zero-order valence-corrected chi connectivity index (χ0v) is 8.89. The Morgan fingerprint density at radius 1 is 1.43 bits per heavy atom. The zero-order chi connectivity index (χ0) is 9.97. The highest BCUT2D eigenvalue weighted by Crippen LogP contribution is 2.16. The van der Waals surface area contributed by atoms with Crippen molar-refractivity contribution in [2.24, 2.45) is 0 Å². The average molecular weight is 226 g/mol. The van der Waals surface area contributed by atoms with Gasteiger partial charge in [-0.3, -0.25) is 9.36 Å². The molecular formula is C10H8ClNOS. The number of thiazole rings is 1. The topological polar surface area (TPSA) is 22.0 Å². The molecule has 0 aliphatic heterocycles. The number of fused-ring (bicyclic) bond motifs is 1. The Morgan fingerprint density at radius 3 is 3.00 bits per heavy atom. The van der Waals surface area contributed by atoms with Gasteiger partial charge in [-0.25, -0.2) is 0 Å². The fourth-order valence-electron chi connectivity index (χ4n) is 1.33. The largest absolute Gasteiger partial charge is 0.308 e. The van der Waals surface area contributed by atoms with Crippen LogP contribution >= 0.6 is 22.9 Å². The van der Waals surface area contributed by atoms with E-state index in [9.17, 15) is 4.79 Å². The highest BCUT2D eigenvalue weighted by Gasteiger charge is 2.03. The van der Waals surface area contributed by atoms with E-state index in [4.69, 9.17) is 11.6 Å². The summed E-state index contributed by atoms with van der Waals surface area (Å²) >= 11 is 6.69. The molecule has 14 heavy (non-hydrogen) atoms. The quantitative estimate of drug-likeness (QED) is 0.771. The third kappa shape index (κ3) is 1.61. The van der Waals surface area contributed by atoms with Gasteiger partial charge in [0.05, 0.1) is 10.2 Å². The Balaban J connectivity index is 2.62. The van der Waals surface area contributed by atoms with Crippen molar-refractivity contribution >= 4 is 33.2 Å². The molecule has 72 valence electrons. The van der Waals surface area contributed by atoms with Crippen molar-refractivity contribution in [2.45, 2.75) is 6.54 Å². The summed E-state index contributed by atoms with van der Waals surface area (Å²) < 4.78 is 2.72. The third-order valence-electron chi connectivity index (χ3n) is 1.95. The van der Waals surface area contributed by atoms with Crippen molar-refractivity contribution in [1.82, 2.24) is 4.57 Å². The number of hydrogen-bond donors (Lipinski definition) is 0. The number of aromatic nitrogens is 1. The van der Waals surface area contributed by atoms with Gasteiger partial charge in [0, 0.05) is 12.1 Å². The number of para-hydroxylation sites is 1. The molecule has 2 rings (SSSR count). The van der Waals surface area contributed by atoms with Crippen LogP contribution in [0.15, 0.2) is 40.7 Å². The summed E-state index contributed by atoms with van der Waals surface area (Å²) in [4.78, 5) is 11.6. The SMILES string of the molecule is O=c1sc2ccccc2n1CC=CCl. The van der Waals surface area contributed by atoms with Gasteiger partial charge in [0.15, 0.2) is 0 Å². The molecule has 1 aromatic carbocycles. The van der Waals surface area contributed by atoms with Crippen LogP contribution in [0.4, 0.5) is 0 Å². The molecule has 0 saturated heterocycles. The summed E-state index contributed by atoms with van der Waals surface area (Å²) in [6, 6.07) is 7.74. The Bertz CT molecular complexity index is 526. The van der Waals surface area contributed by atoms with Crippen LogP contribution in [0.3, 0.4) is 0 Å². The van der Waals surface area contributed by atoms with Gasteiger partial charge in [-0.05, 0) is 12.1 Å². The van der Waals surface area contributed by atoms with E-state index in [1.807, 2.05) is 24.3 Å². The minimum atomic E-state index is 0.0565. The van der Waals surface area contributed by atoms with Gasteiger partial charge in [0.25, 0.3) is 0 Å². The van der Waals surface area contributed by atoms with Crippen LogP contribution in [0.1, 0.15) is 0 Å². The Morgan fingerprint density at radius 2 is 2.21 bits per heavy atom. The van der Waals surface area contributed by atoms with Crippen molar-refractivity contribution < 1.29 is 0 Å². The molecule has 1 aromatic heterocycles. The molecular weight excluding hydrogens is 218 g/mol. The molecule has 0 fully saturated rings. The second kappa shape index (κ2) is 3.98. The fraction of sp³-hybridized carbons (Fsp3) is 0.100. The van der Waals surface area contributed by atoms with E-state index in [-0.39, 0.29) is 4.87 Å². The molecule has 0 aliphatic carbocycles. The van der Waals surface area contributed by atoms with Crippen molar-refractivity contribution in [2.75, 3.05) is 0 Å². The fourth-order valence-corrected chi connectivity index (χ4v) is 2.31. The second-order valence-electron chi connectivity index (χ2n) is 2.81. The number of hydrogen-bond acceptors (Lipinski definition) is 2. The zero-order valence-electron chi connectivity index (χ0n) is 7.31. The lowest BCUT2D eigenvalue weighted by atomic mass is 10.3. The summed E-state index contributed by atoms with van der Waals surface area (Å²) in [7, 11) is 0. The molecule has 1 heterocycles. The number of rotatable bonds is 2. The minimum Gasteiger partial charge on any atom is -0.295 e. The lowest BCUT2D eigenvalue weighted by Crippen LogP contribution is -2.11. The van der Waals surface area contributed by atoms with E-state index in [2.05, 4.69) is 0 Å². The maximum Gasteiger partial charge on any atom is 0.308 e. The van der Waals surface area contributed by atoms with Gasteiger partial charge in [-0.1, -0.05) is 41.1 Å². The first-order valence-corrected chi connectivity index (χ1v) is 5.42. The van der Waals surface area contributed by atoms with Crippen molar-refractivity contribution in [3.8, 4) is 0 Å². The second-order valence-corrected chi connectivity index (χ2v) is 4.05.